The highest BCUT2D eigenvalue weighted by atomic mass is 16.5. The van der Waals surface area contributed by atoms with E-state index < -0.39 is 5.56 Å². The van der Waals surface area contributed by atoms with Gasteiger partial charge in [-0.15, -0.1) is 0 Å². The molecule has 0 aliphatic carbocycles. The van der Waals surface area contributed by atoms with Gasteiger partial charge in [0.25, 0.3) is 5.56 Å². The fourth-order valence-corrected chi connectivity index (χ4v) is 3.30. The van der Waals surface area contributed by atoms with Gasteiger partial charge in [-0.25, -0.2) is 0 Å². The van der Waals surface area contributed by atoms with Crippen molar-refractivity contribution in [3.8, 4) is 45.3 Å². The van der Waals surface area contributed by atoms with E-state index >= 15 is 0 Å². The number of pyridine rings is 1. The van der Waals surface area contributed by atoms with Gasteiger partial charge in [0.2, 0.25) is 0 Å². The van der Waals surface area contributed by atoms with Crippen molar-refractivity contribution in [1.29, 1.82) is 5.26 Å². The number of rotatable bonds is 4. The van der Waals surface area contributed by atoms with Gasteiger partial charge >= 0.3 is 0 Å². The SMILES string of the molecule is COc1ccc(-c2cc(-c3ccc(-c4ccccc4)cc3)[nH]c(=O)c2C#N)cc1. The van der Waals surface area contributed by atoms with Crippen LogP contribution in [0.15, 0.2) is 89.7 Å². The van der Waals surface area contributed by atoms with Gasteiger partial charge in [-0.05, 0) is 40.5 Å². The topological polar surface area (TPSA) is 65.9 Å². The number of hydrogen-bond acceptors (Lipinski definition) is 3. The Bertz CT molecular complexity index is 1230. The van der Waals surface area contributed by atoms with E-state index in [0.717, 1.165) is 22.3 Å². The molecule has 0 saturated carbocycles. The molecule has 0 unspecified atom stereocenters. The van der Waals surface area contributed by atoms with Crippen LogP contribution < -0.4 is 10.3 Å². The second kappa shape index (κ2) is 7.87. The average Bonchev–Trinajstić information content (AvgIpc) is 2.79. The highest BCUT2D eigenvalue weighted by Crippen LogP contribution is 2.29. The van der Waals surface area contributed by atoms with E-state index in [0.29, 0.717) is 17.0 Å². The van der Waals surface area contributed by atoms with E-state index in [-0.39, 0.29) is 5.56 Å². The van der Waals surface area contributed by atoms with Gasteiger partial charge in [0.15, 0.2) is 0 Å². The second-order valence-electron chi connectivity index (χ2n) is 6.58. The molecule has 0 spiro atoms. The van der Waals surface area contributed by atoms with Crippen LogP contribution >= 0.6 is 0 Å². The molecular weight excluding hydrogens is 360 g/mol. The summed E-state index contributed by atoms with van der Waals surface area (Å²) in [6, 6.07) is 29.3. The largest absolute Gasteiger partial charge is 0.497 e. The number of methoxy groups -OCH3 is 1. The zero-order valence-electron chi connectivity index (χ0n) is 15.8. The molecule has 0 amide bonds. The minimum absolute atomic E-state index is 0.0971. The maximum Gasteiger partial charge on any atom is 0.266 e. The third-order valence-electron chi connectivity index (χ3n) is 4.85. The predicted octanol–water partition coefficient (Wildman–Crippen LogP) is 5.26. The summed E-state index contributed by atoms with van der Waals surface area (Å²) in [6.07, 6.45) is 0. The van der Waals surface area contributed by atoms with Crippen molar-refractivity contribution < 1.29 is 4.74 Å². The Morgan fingerprint density at radius 3 is 2.00 bits per heavy atom. The minimum atomic E-state index is -0.400. The summed E-state index contributed by atoms with van der Waals surface area (Å²) in [7, 11) is 1.60. The molecule has 0 aliphatic rings. The third kappa shape index (κ3) is 3.67. The van der Waals surface area contributed by atoms with Crippen LogP contribution in [-0.2, 0) is 0 Å². The Kier molecular flexibility index (Phi) is 4.96. The highest BCUT2D eigenvalue weighted by molar-refractivity contribution is 5.76. The van der Waals surface area contributed by atoms with Crippen molar-refractivity contribution in [2.24, 2.45) is 0 Å². The van der Waals surface area contributed by atoms with Crippen LogP contribution in [0.5, 0.6) is 5.75 Å². The molecule has 29 heavy (non-hydrogen) atoms. The predicted molar refractivity (Wildman–Crippen MR) is 115 cm³/mol. The van der Waals surface area contributed by atoms with E-state index in [2.05, 4.69) is 17.1 Å². The van der Waals surface area contributed by atoms with Crippen molar-refractivity contribution in [3.63, 3.8) is 0 Å². The number of hydrogen-bond donors (Lipinski definition) is 1. The summed E-state index contributed by atoms with van der Waals surface area (Å²) >= 11 is 0. The molecule has 1 aromatic heterocycles. The number of aromatic nitrogens is 1. The summed E-state index contributed by atoms with van der Waals surface area (Å²) in [5.41, 5.74) is 4.85. The Hall–Kier alpha value is -4.10. The number of nitrogens with one attached hydrogen (secondary N) is 1. The summed E-state index contributed by atoms with van der Waals surface area (Å²) in [5.74, 6) is 0.717. The van der Waals surface area contributed by atoms with Crippen molar-refractivity contribution in [2.75, 3.05) is 7.11 Å². The maximum absolute atomic E-state index is 12.5. The smallest absolute Gasteiger partial charge is 0.266 e. The molecule has 4 heteroatoms. The molecule has 3 aromatic carbocycles. The summed E-state index contributed by atoms with van der Waals surface area (Å²) in [5, 5.41) is 9.49. The standard InChI is InChI=1S/C25H18N2O2/c1-29-21-13-11-19(12-14-21)22-15-24(27-25(28)23(22)16-26)20-9-7-18(8-10-20)17-5-3-2-4-6-17/h2-15H,1H3,(H,27,28). The van der Waals surface area contributed by atoms with Crippen LogP contribution in [0.2, 0.25) is 0 Å². The van der Waals surface area contributed by atoms with E-state index in [1.807, 2.05) is 78.9 Å². The van der Waals surface area contributed by atoms with Crippen molar-refractivity contribution >= 4 is 0 Å². The lowest BCUT2D eigenvalue weighted by Gasteiger charge is -2.10. The lowest BCUT2D eigenvalue weighted by molar-refractivity contribution is 0.415. The van der Waals surface area contributed by atoms with Crippen LogP contribution in [0.4, 0.5) is 0 Å². The fourth-order valence-electron chi connectivity index (χ4n) is 3.30. The number of ether oxygens (including phenoxy) is 1. The number of nitriles is 1. The molecule has 0 bridgehead atoms. The molecule has 4 rings (SSSR count). The van der Waals surface area contributed by atoms with Crippen molar-refractivity contribution in [3.05, 3.63) is 101 Å². The molecular formula is C25H18N2O2. The molecule has 140 valence electrons. The zero-order chi connectivity index (χ0) is 20.2. The molecule has 0 aliphatic heterocycles. The van der Waals surface area contributed by atoms with Crippen LogP contribution in [0.1, 0.15) is 5.56 Å². The van der Waals surface area contributed by atoms with Gasteiger partial charge < -0.3 is 9.72 Å². The fraction of sp³-hybridized carbons (Fsp3) is 0.0400. The van der Waals surface area contributed by atoms with Gasteiger partial charge in [-0.1, -0.05) is 66.7 Å². The first-order chi connectivity index (χ1) is 14.2. The van der Waals surface area contributed by atoms with E-state index in [4.69, 9.17) is 4.74 Å². The number of aromatic amines is 1. The van der Waals surface area contributed by atoms with Crippen molar-refractivity contribution in [1.82, 2.24) is 4.98 Å². The Morgan fingerprint density at radius 2 is 1.38 bits per heavy atom. The first kappa shape index (κ1) is 18.3. The molecule has 0 atom stereocenters. The summed E-state index contributed by atoms with van der Waals surface area (Å²) < 4.78 is 5.19. The van der Waals surface area contributed by atoms with Gasteiger partial charge in [0.1, 0.15) is 17.4 Å². The summed E-state index contributed by atoms with van der Waals surface area (Å²) in [6.45, 7) is 0. The first-order valence-electron chi connectivity index (χ1n) is 9.17. The van der Waals surface area contributed by atoms with E-state index in [1.54, 1.807) is 7.11 Å². The lowest BCUT2D eigenvalue weighted by atomic mass is 9.98. The van der Waals surface area contributed by atoms with E-state index in [1.165, 1.54) is 0 Å². The minimum Gasteiger partial charge on any atom is -0.497 e. The highest BCUT2D eigenvalue weighted by Gasteiger charge is 2.13. The average molecular weight is 378 g/mol. The molecule has 1 heterocycles. The van der Waals surface area contributed by atoms with Gasteiger partial charge in [-0.2, -0.15) is 5.26 Å². The summed E-state index contributed by atoms with van der Waals surface area (Å²) in [4.78, 5) is 15.4. The third-order valence-corrected chi connectivity index (χ3v) is 4.85. The molecule has 4 aromatic rings. The first-order valence-corrected chi connectivity index (χ1v) is 9.17. The van der Waals surface area contributed by atoms with Crippen LogP contribution in [0, 0.1) is 11.3 Å². The van der Waals surface area contributed by atoms with Gasteiger partial charge in [0.05, 0.1) is 7.11 Å². The van der Waals surface area contributed by atoms with E-state index in [9.17, 15) is 10.1 Å². The number of benzene rings is 3. The quantitative estimate of drug-likeness (QED) is 0.527. The Morgan fingerprint density at radius 1 is 0.793 bits per heavy atom. The van der Waals surface area contributed by atoms with Gasteiger partial charge in [-0.3, -0.25) is 4.79 Å². The lowest BCUT2D eigenvalue weighted by Crippen LogP contribution is -2.12. The number of nitrogens with zero attached hydrogens (tertiary/aromatic N) is 1. The molecule has 0 saturated heterocycles. The molecule has 0 fully saturated rings. The normalized spacial score (nSPS) is 10.3. The molecule has 0 radical (unpaired) electrons. The number of H-pyrrole nitrogens is 1. The van der Waals surface area contributed by atoms with Crippen LogP contribution in [-0.4, -0.2) is 12.1 Å². The Balaban J connectivity index is 1.78. The Labute approximate surface area is 168 Å². The molecule has 1 N–H and O–H groups in total. The zero-order valence-corrected chi connectivity index (χ0v) is 15.8. The van der Waals surface area contributed by atoms with Crippen molar-refractivity contribution in [2.45, 2.75) is 0 Å². The van der Waals surface area contributed by atoms with Gasteiger partial charge in [0, 0.05) is 11.3 Å². The van der Waals surface area contributed by atoms with Crippen LogP contribution in [0.25, 0.3) is 33.5 Å². The second-order valence-corrected chi connectivity index (χ2v) is 6.58. The van der Waals surface area contributed by atoms with Crippen LogP contribution in [0.3, 0.4) is 0 Å². The molecule has 4 nitrogen and oxygen atoms in total. The monoisotopic (exact) mass is 378 g/mol. The maximum atomic E-state index is 12.5.